The van der Waals surface area contributed by atoms with Gasteiger partial charge >= 0.3 is 6.03 Å². The molecule has 124 valence electrons. The van der Waals surface area contributed by atoms with E-state index in [1.165, 1.54) is 0 Å². The third-order valence-corrected chi connectivity index (χ3v) is 3.89. The predicted octanol–water partition coefficient (Wildman–Crippen LogP) is 2.36. The standard InChI is InChI=1S/C18H19N3O3/c19-17(22)11-12-5-1-3-7-14(12)20-18(23)21-15-9-10-24-16-8-4-2-6-13(15)16/h1-8,15H,9-11H2,(H2,19,22)(H2,20,21,23)/t15-/m1/s1. The maximum atomic E-state index is 12.3. The Morgan fingerprint density at radius 1 is 1.12 bits per heavy atom. The number of fused-ring (bicyclic) bond motifs is 1. The largest absolute Gasteiger partial charge is 0.493 e. The number of hydrogen-bond acceptors (Lipinski definition) is 3. The van der Waals surface area contributed by atoms with E-state index in [1.54, 1.807) is 24.3 Å². The Hall–Kier alpha value is -3.02. The topological polar surface area (TPSA) is 93.5 Å². The maximum Gasteiger partial charge on any atom is 0.319 e. The molecule has 0 bridgehead atoms. The molecule has 6 nitrogen and oxygen atoms in total. The average Bonchev–Trinajstić information content (AvgIpc) is 2.56. The number of rotatable bonds is 4. The zero-order valence-corrected chi connectivity index (χ0v) is 13.1. The molecule has 0 spiro atoms. The van der Waals surface area contributed by atoms with Gasteiger partial charge in [-0.2, -0.15) is 0 Å². The normalized spacial score (nSPS) is 15.8. The molecule has 0 saturated carbocycles. The van der Waals surface area contributed by atoms with E-state index < -0.39 is 5.91 Å². The highest BCUT2D eigenvalue weighted by Gasteiger charge is 2.22. The first-order valence-electron chi connectivity index (χ1n) is 7.79. The average molecular weight is 325 g/mol. The number of anilines is 1. The van der Waals surface area contributed by atoms with E-state index >= 15 is 0 Å². The fourth-order valence-electron chi connectivity index (χ4n) is 2.79. The van der Waals surface area contributed by atoms with Gasteiger partial charge in [0.05, 0.1) is 19.1 Å². The predicted molar refractivity (Wildman–Crippen MR) is 90.8 cm³/mol. The fraction of sp³-hybridized carbons (Fsp3) is 0.222. The number of urea groups is 1. The number of amides is 3. The van der Waals surface area contributed by atoms with Crippen molar-refractivity contribution in [1.82, 2.24) is 5.32 Å². The van der Waals surface area contributed by atoms with E-state index in [2.05, 4.69) is 10.6 Å². The number of carbonyl (C=O) groups is 2. The van der Waals surface area contributed by atoms with Crippen LogP contribution >= 0.6 is 0 Å². The monoisotopic (exact) mass is 325 g/mol. The molecule has 6 heteroatoms. The highest BCUT2D eigenvalue weighted by molar-refractivity contribution is 5.91. The lowest BCUT2D eigenvalue weighted by molar-refractivity contribution is -0.117. The van der Waals surface area contributed by atoms with Gasteiger partial charge in [-0.3, -0.25) is 4.79 Å². The Morgan fingerprint density at radius 3 is 2.71 bits per heavy atom. The molecule has 3 rings (SSSR count). The van der Waals surface area contributed by atoms with Gasteiger partial charge in [-0.25, -0.2) is 4.79 Å². The van der Waals surface area contributed by atoms with Gasteiger partial charge in [0.15, 0.2) is 0 Å². The molecule has 0 aliphatic carbocycles. The molecule has 1 aliphatic rings. The van der Waals surface area contributed by atoms with Crippen LogP contribution in [0.4, 0.5) is 10.5 Å². The van der Waals surface area contributed by atoms with Crippen molar-refractivity contribution < 1.29 is 14.3 Å². The highest BCUT2D eigenvalue weighted by atomic mass is 16.5. The maximum absolute atomic E-state index is 12.3. The Balaban J connectivity index is 1.70. The van der Waals surface area contributed by atoms with Crippen LogP contribution < -0.4 is 21.1 Å². The quantitative estimate of drug-likeness (QED) is 0.805. The van der Waals surface area contributed by atoms with E-state index in [-0.39, 0.29) is 18.5 Å². The molecule has 0 aromatic heterocycles. The van der Waals surface area contributed by atoms with Crippen molar-refractivity contribution >= 4 is 17.6 Å². The first-order chi connectivity index (χ1) is 11.6. The lowest BCUT2D eigenvalue weighted by atomic mass is 10.0. The van der Waals surface area contributed by atoms with Gasteiger partial charge in [0, 0.05) is 17.7 Å². The van der Waals surface area contributed by atoms with Crippen molar-refractivity contribution in [3.63, 3.8) is 0 Å². The molecule has 1 heterocycles. The zero-order valence-electron chi connectivity index (χ0n) is 13.1. The molecule has 2 aromatic rings. The summed E-state index contributed by atoms with van der Waals surface area (Å²) in [5.74, 6) is 0.353. The number of para-hydroxylation sites is 2. The van der Waals surface area contributed by atoms with Crippen LogP contribution in [0.2, 0.25) is 0 Å². The number of carbonyl (C=O) groups excluding carboxylic acids is 2. The number of primary amides is 1. The minimum Gasteiger partial charge on any atom is -0.493 e. The van der Waals surface area contributed by atoms with Gasteiger partial charge < -0.3 is 21.1 Å². The van der Waals surface area contributed by atoms with Crippen LogP contribution in [0.25, 0.3) is 0 Å². The van der Waals surface area contributed by atoms with Crippen LogP contribution in [-0.4, -0.2) is 18.5 Å². The van der Waals surface area contributed by atoms with Gasteiger partial charge in [0.25, 0.3) is 0 Å². The number of hydrogen-bond donors (Lipinski definition) is 3. The lowest BCUT2D eigenvalue weighted by Crippen LogP contribution is -2.35. The zero-order chi connectivity index (χ0) is 16.9. The number of nitrogens with two attached hydrogens (primary N) is 1. The molecular weight excluding hydrogens is 306 g/mol. The van der Waals surface area contributed by atoms with Gasteiger partial charge in [0.2, 0.25) is 5.91 Å². The van der Waals surface area contributed by atoms with Crippen LogP contribution in [0.1, 0.15) is 23.6 Å². The minimum atomic E-state index is -0.442. The molecule has 24 heavy (non-hydrogen) atoms. The summed E-state index contributed by atoms with van der Waals surface area (Å²) >= 11 is 0. The van der Waals surface area contributed by atoms with E-state index in [4.69, 9.17) is 10.5 Å². The van der Waals surface area contributed by atoms with E-state index in [9.17, 15) is 9.59 Å². The SMILES string of the molecule is NC(=O)Cc1ccccc1NC(=O)N[C@@H]1CCOc2ccccc21. The Bertz CT molecular complexity index is 761. The molecule has 0 fully saturated rings. The molecule has 4 N–H and O–H groups in total. The summed E-state index contributed by atoms with van der Waals surface area (Å²) < 4.78 is 5.59. The third-order valence-electron chi connectivity index (χ3n) is 3.89. The van der Waals surface area contributed by atoms with Gasteiger partial charge in [-0.05, 0) is 17.7 Å². The van der Waals surface area contributed by atoms with Crippen LogP contribution in [0.15, 0.2) is 48.5 Å². The first kappa shape index (κ1) is 15.9. The summed E-state index contributed by atoms with van der Waals surface area (Å²) in [6.45, 7) is 0.556. The molecule has 0 unspecified atom stereocenters. The van der Waals surface area contributed by atoms with Gasteiger partial charge in [0.1, 0.15) is 5.75 Å². The molecule has 1 atom stereocenters. The molecule has 2 aromatic carbocycles. The first-order valence-corrected chi connectivity index (χ1v) is 7.79. The molecule has 1 aliphatic heterocycles. The van der Waals surface area contributed by atoms with Crippen LogP contribution in [0, 0.1) is 0 Å². The molecule has 0 radical (unpaired) electrons. The van der Waals surface area contributed by atoms with E-state index in [0.29, 0.717) is 24.3 Å². The highest BCUT2D eigenvalue weighted by Crippen LogP contribution is 2.31. The fourth-order valence-corrected chi connectivity index (χ4v) is 2.79. The smallest absolute Gasteiger partial charge is 0.319 e. The Morgan fingerprint density at radius 2 is 1.88 bits per heavy atom. The van der Waals surface area contributed by atoms with Crippen molar-refractivity contribution in [2.45, 2.75) is 18.9 Å². The third kappa shape index (κ3) is 3.65. The lowest BCUT2D eigenvalue weighted by Gasteiger charge is -2.26. The second kappa shape index (κ2) is 7.04. The molecule has 3 amide bonds. The summed E-state index contributed by atoms with van der Waals surface area (Å²) in [5.41, 5.74) is 7.47. The Kier molecular flexibility index (Phi) is 4.65. The van der Waals surface area contributed by atoms with Crippen LogP contribution in [0.5, 0.6) is 5.75 Å². The number of nitrogens with one attached hydrogen (secondary N) is 2. The molecule has 0 saturated heterocycles. The van der Waals surface area contributed by atoms with Crippen molar-refractivity contribution in [2.75, 3.05) is 11.9 Å². The second-order valence-corrected chi connectivity index (χ2v) is 5.63. The number of benzene rings is 2. The summed E-state index contributed by atoms with van der Waals surface area (Å²) in [6, 6.07) is 14.3. The van der Waals surface area contributed by atoms with E-state index in [1.807, 2.05) is 24.3 Å². The summed E-state index contributed by atoms with van der Waals surface area (Å²) in [5, 5.41) is 5.75. The van der Waals surface area contributed by atoms with Gasteiger partial charge in [-0.1, -0.05) is 36.4 Å². The van der Waals surface area contributed by atoms with Crippen molar-refractivity contribution in [3.05, 3.63) is 59.7 Å². The summed E-state index contributed by atoms with van der Waals surface area (Å²) in [6.07, 6.45) is 0.782. The van der Waals surface area contributed by atoms with Crippen molar-refractivity contribution in [1.29, 1.82) is 0 Å². The molecular formula is C18H19N3O3. The Labute approximate surface area is 140 Å². The summed E-state index contributed by atoms with van der Waals surface area (Å²) in [7, 11) is 0. The van der Waals surface area contributed by atoms with Crippen LogP contribution in [0.3, 0.4) is 0 Å². The summed E-state index contributed by atoms with van der Waals surface area (Å²) in [4.78, 5) is 23.5. The van der Waals surface area contributed by atoms with Crippen molar-refractivity contribution in [3.8, 4) is 5.75 Å². The van der Waals surface area contributed by atoms with Gasteiger partial charge in [-0.15, -0.1) is 0 Å². The van der Waals surface area contributed by atoms with Crippen molar-refractivity contribution in [2.24, 2.45) is 5.73 Å². The number of ether oxygens (including phenoxy) is 1. The second-order valence-electron chi connectivity index (χ2n) is 5.63. The minimum absolute atomic E-state index is 0.0799. The van der Waals surface area contributed by atoms with Crippen LogP contribution in [-0.2, 0) is 11.2 Å². The van der Waals surface area contributed by atoms with E-state index in [0.717, 1.165) is 11.3 Å².